The molecule has 10 heteroatoms. The molecule has 0 saturated carbocycles. The summed E-state index contributed by atoms with van der Waals surface area (Å²) in [6.45, 7) is 1.93. The van der Waals surface area contributed by atoms with Crippen LogP contribution in [0.4, 0.5) is 0 Å². The Morgan fingerprint density at radius 3 is 2.41 bits per heavy atom. The average molecular weight is 519 g/mol. The molecule has 37 heavy (non-hydrogen) atoms. The highest BCUT2D eigenvalue weighted by molar-refractivity contribution is 7.99. The lowest BCUT2D eigenvalue weighted by Gasteiger charge is -2.14. The van der Waals surface area contributed by atoms with E-state index in [1.807, 2.05) is 37.3 Å². The van der Waals surface area contributed by atoms with Crippen LogP contribution < -0.4 is 25.2 Å². The van der Waals surface area contributed by atoms with Crippen molar-refractivity contribution >= 4 is 34.8 Å². The number of carbonyl (C=O) groups is 1. The summed E-state index contributed by atoms with van der Waals surface area (Å²) in [5, 5.41) is 4.98. The van der Waals surface area contributed by atoms with Gasteiger partial charge in [-0.05, 0) is 36.8 Å². The number of hydrogen-bond donors (Lipinski definition) is 1. The van der Waals surface area contributed by atoms with Gasteiger partial charge in [-0.25, -0.2) is 10.4 Å². The summed E-state index contributed by atoms with van der Waals surface area (Å²) < 4.78 is 17.5. The van der Waals surface area contributed by atoms with Gasteiger partial charge >= 0.3 is 0 Å². The van der Waals surface area contributed by atoms with E-state index >= 15 is 0 Å². The van der Waals surface area contributed by atoms with Crippen molar-refractivity contribution in [1.29, 1.82) is 0 Å². The first-order valence-electron chi connectivity index (χ1n) is 11.3. The number of aryl methyl sites for hydroxylation is 1. The van der Waals surface area contributed by atoms with E-state index in [9.17, 15) is 9.59 Å². The molecule has 0 bridgehead atoms. The molecule has 0 saturated heterocycles. The van der Waals surface area contributed by atoms with Gasteiger partial charge in [0.05, 0.1) is 49.9 Å². The van der Waals surface area contributed by atoms with E-state index in [0.717, 1.165) is 17.3 Å². The molecule has 0 spiro atoms. The zero-order valence-electron chi connectivity index (χ0n) is 20.8. The predicted octanol–water partition coefficient (Wildman–Crippen LogP) is 3.96. The maximum absolute atomic E-state index is 13.4. The lowest BCUT2D eigenvalue weighted by Crippen LogP contribution is -2.24. The van der Waals surface area contributed by atoms with Crippen molar-refractivity contribution < 1.29 is 19.0 Å². The molecule has 0 aliphatic rings. The Labute approximate surface area is 218 Å². The molecule has 9 nitrogen and oxygen atoms in total. The molecule has 4 rings (SSSR count). The maximum Gasteiger partial charge on any atom is 0.266 e. The Morgan fingerprint density at radius 1 is 1.00 bits per heavy atom. The van der Waals surface area contributed by atoms with E-state index in [4.69, 9.17) is 14.2 Å². The van der Waals surface area contributed by atoms with Gasteiger partial charge in [-0.3, -0.25) is 14.2 Å². The number of nitrogens with one attached hydrogen (secondary N) is 1. The molecule has 1 aromatic heterocycles. The highest BCUT2D eigenvalue weighted by atomic mass is 32.2. The zero-order valence-corrected chi connectivity index (χ0v) is 21.7. The van der Waals surface area contributed by atoms with E-state index in [0.29, 0.717) is 44.6 Å². The van der Waals surface area contributed by atoms with Gasteiger partial charge in [-0.2, -0.15) is 5.10 Å². The summed E-state index contributed by atoms with van der Waals surface area (Å²) in [6, 6.07) is 18.1. The number of amides is 1. The second kappa shape index (κ2) is 11.6. The second-order valence-electron chi connectivity index (χ2n) is 7.87. The van der Waals surface area contributed by atoms with E-state index in [2.05, 4.69) is 15.5 Å². The molecule has 0 unspecified atom stereocenters. The van der Waals surface area contributed by atoms with E-state index in [1.165, 1.54) is 27.5 Å². The molecule has 190 valence electrons. The Hall–Kier alpha value is -4.31. The van der Waals surface area contributed by atoms with Gasteiger partial charge in [0, 0.05) is 11.6 Å². The number of thioether (sulfide) groups is 1. The van der Waals surface area contributed by atoms with Crippen LogP contribution in [0.25, 0.3) is 16.6 Å². The fourth-order valence-corrected chi connectivity index (χ4v) is 4.52. The molecule has 1 N–H and O–H groups in total. The number of para-hydroxylation sites is 2. The van der Waals surface area contributed by atoms with Crippen LogP contribution in [0.2, 0.25) is 0 Å². The first-order chi connectivity index (χ1) is 18.0. The van der Waals surface area contributed by atoms with Crippen molar-refractivity contribution in [1.82, 2.24) is 15.0 Å². The summed E-state index contributed by atoms with van der Waals surface area (Å²) in [5.41, 5.74) is 5.11. The Balaban J connectivity index is 1.55. The number of nitrogens with zero attached hydrogens (tertiary/aromatic N) is 3. The topological polar surface area (TPSA) is 104 Å². The molecule has 4 aromatic rings. The van der Waals surface area contributed by atoms with Crippen molar-refractivity contribution in [2.24, 2.45) is 5.10 Å². The maximum atomic E-state index is 13.4. The fraction of sp³-hybridized carbons (Fsp3) is 0.185. The summed E-state index contributed by atoms with van der Waals surface area (Å²) in [6.07, 6.45) is 1.46. The van der Waals surface area contributed by atoms with Gasteiger partial charge in [0.2, 0.25) is 0 Å². The summed E-state index contributed by atoms with van der Waals surface area (Å²) in [7, 11) is 4.59. The highest BCUT2D eigenvalue weighted by Crippen LogP contribution is 2.33. The van der Waals surface area contributed by atoms with Crippen LogP contribution in [0.15, 0.2) is 75.7 Å². The summed E-state index contributed by atoms with van der Waals surface area (Å²) >= 11 is 1.16. The molecule has 1 amide bonds. The minimum atomic E-state index is -0.362. The number of fused-ring (bicyclic) bond motifs is 1. The summed E-state index contributed by atoms with van der Waals surface area (Å²) in [4.78, 5) is 30.7. The number of aromatic nitrogens is 2. The zero-order chi connectivity index (χ0) is 26.4. The van der Waals surface area contributed by atoms with Crippen LogP contribution in [-0.2, 0) is 4.79 Å². The van der Waals surface area contributed by atoms with Crippen molar-refractivity contribution in [3.05, 3.63) is 82.1 Å². The van der Waals surface area contributed by atoms with Crippen molar-refractivity contribution in [2.45, 2.75) is 12.1 Å². The van der Waals surface area contributed by atoms with Gasteiger partial charge in [0.1, 0.15) is 5.75 Å². The molecule has 0 aliphatic carbocycles. The molecule has 0 radical (unpaired) electrons. The normalized spacial score (nSPS) is 11.0. The predicted molar refractivity (Wildman–Crippen MR) is 145 cm³/mol. The molecule has 3 aromatic carbocycles. The van der Waals surface area contributed by atoms with Gasteiger partial charge in [0.15, 0.2) is 16.7 Å². The molecular formula is C27H26N4O5S. The third-order valence-electron chi connectivity index (χ3n) is 5.56. The van der Waals surface area contributed by atoms with Crippen LogP contribution in [0.1, 0.15) is 11.1 Å². The van der Waals surface area contributed by atoms with Crippen LogP contribution in [0, 0.1) is 6.92 Å². The minimum absolute atomic E-state index is 0.00291. The molecule has 0 atom stereocenters. The number of methoxy groups -OCH3 is 3. The summed E-state index contributed by atoms with van der Waals surface area (Å²) in [5.74, 6) is 1.16. The first kappa shape index (κ1) is 25.8. The smallest absolute Gasteiger partial charge is 0.266 e. The largest absolute Gasteiger partial charge is 0.496 e. The van der Waals surface area contributed by atoms with Gasteiger partial charge in [0.25, 0.3) is 11.5 Å². The molecule has 1 heterocycles. The average Bonchev–Trinajstić information content (AvgIpc) is 2.92. The Morgan fingerprint density at radius 2 is 1.68 bits per heavy atom. The van der Waals surface area contributed by atoms with Gasteiger partial charge in [-0.1, -0.05) is 42.1 Å². The Bertz CT molecular complexity index is 1530. The van der Waals surface area contributed by atoms with Crippen LogP contribution in [0.3, 0.4) is 0 Å². The van der Waals surface area contributed by atoms with E-state index in [1.54, 1.807) is 34.9 Å². The van der Waals surface area contributed by atoms with Gasteiger partial charge < -0.3 is 14.2 Å². The fourth-order valence-electron chi connectivity index (χ4n) is 3.73. The van der Waals surface area contributed by atoms with Crippen molar-refractivity contribution in [3.8, 4) is 22.9 Å². The number of hydrazone groups is 1. The molecule has 0 aliphatic heterocycles. The van der Waals surface area contributed by atoms with Gasteiger partial charge in [-0.15, -0.1) is 0 Å². The van der Waals surface area contributed by atoms with Crippen LogP contribution in [-0.4, -0.2) is 48.8 Å². The number of carbonyl (C=O) groups excluding carboxylic acids is 1. The number of hydrogen-bond acceptors (Lipinski definition) is 8. The highest BCUT2D eigenvalue weighted by Gasteiger charge is 2.16. The van der Waals surface area contributed by atoms with E-state index < -0.39 is 0 Å². The monoisotopic (exact) mass is 518 g/mol. The number of rotatable bonds is 9. The Kier molecular flexibility index (Phi) is 8.09. The van der Waals surface area contributed by atoms with E-state index in [-0.39, 0.29) is 17.2 Å². The first-order valence-corrected chi connectivity index (χ1v) is 12.3. The SMILES string of the molecule is COc1cc(OC)c(OC)cc1/C=N/NC(=O)CSc1nc2ccccc2c(=O)n1-c1ccccc1C. The molecular weight excluding hydrogens is 492 g/mol. The van der Waals surface area contributed by atoms with Crippen molar-refractivity contribution in [3.63, 3.8) is 0 Å². The number of benzene rings is 3. The minimum Gasteiger partial charge on any atom is -0.496 e. The molecule has 0 fully saturated rings. The number of ether oxygens (including phenoxy) is 3. The van der Waals surface area contributed by atoms with Crippen LogP contribution >= 0.6 is 11.8 Å². The lowest BCUT2D eigenvalue weighted by atomic mass is 10.2. The quantitative estimate of drug-likeness (QED) is 0.155. The second-order valence-corrected chi connectivity index (χ2v) is 8.81. The third-order valence-corrected chi connectivity index (χ3v) is 6.50. The van der Waals surface area contributed by atoms with Crippen LogP contribution in [0.5, 0.6) is 17.2 Å². The standard InChI is InChI=1S/C27H26N4O5S/c1-17-9-5-8-12-21(17)31-26(33)19-10-6-7-11-20(19)29-27(31)37-16-25(32)30-28-15-18-13-23(35-3)24(36-4)14-22(18)34-2/h5-15H,16H2,1-4H3,(H,30,32)/b28-15+. The lowest BCUT2D eigenvalue weighted by molar-refractivity contribution is -0.118. The third kappa shape index (κ3) is 5.59. The van der Waals surface area contributed by atoms with Crippen molar-refractivity contribution in [2.75, 3.05) is 27.1 Å².